The van der Waals surface area contributed by atoms with Crippen LogP contribution in [0.3, 0.4) is 0 Å². The first-order chi connectivity index (χ1) is 13.1. The number of amides is 2. The van der Waals surface area contributed by atoms with Crippen LogP contribution >= 0.6 is 11.9 Å². The molecule has 0 spiro atoms. The zero-order chi connectivity index (χ0) is 20.5. The summed E-state index contributed by atoms with van der Waals surface area (Å²) in [6.45, 7) is 6.96. The maximum Gasteiger partial charge on any atom is 0.414 e. The van der Waals surface area contributed by atoms with E-state index in [1.807, 2.05) is 0 Å². The molecule has 7 nitrogen and oxygen atoms in total. The molecule has 3 rings (SSSR count). The number of hydrogen-bond acceptors (Lipinski definition) is 6. The number of alkyl carbamates (subject to hydrolysis) is 1. The van der Waals surface area contributed by atoms with Gasteiger partial charge in [0.15, 0.2) is 0 Å². The Balaban J connectivity index is 2.05. The lowest BCUT2D eigenvalue weighted by Crippen LogP contribution is -2.55. The molecule has 1 atom stereocenters. The Hall–Kier alpha value is -2.42. The minimum Gasteiger partial charge on any atom is -0.444 e. The molecule has 0 fully saturated rings. The number of carbonyl (C=O) groups excluding carboxylic acids is 2. The number of nitrogens with one attached hydrogen (secondary N) is 1. The normalized spacial score (nSPS) is 22.6. The average molecular weight is 406 g/mol. The predicted molar refractivity (Wildman–Crippen MR) is 107 cm³/mol. The van der Waals surface area contributed by atoms with Crippen molar-refractivity contribution in [3.63, 3.8) is 0 Å². The molecule has 9 heteroatoms. The van der Waals surface area contributed by atoms with Crippen LogP contribution in [0.15, 0.2) is 33.7 Å². The summed E-state index contributed by atoms with van der Waals surface area (Å²) in [5.74, 6) is 0.313. The fourth-order valence-electron chi connectivity index (χ4n) is 3.06. The highest BCUT2D eigenvalue weighted by Crippen LogP contribution is 2.36. The van der Waals surface area contributed by atoms with Crippen molar-refractivity contribution < 1.29 is 18.7 Å². The van der Waals surface area contributed by atoms with Crippen LogP contribution in [-0.2, 0) is 15.1 Å². The van der Waals surface area contributed by atoms with Gasteiger partial charge in [-0.3, -0.25) is 10.1 Å². The molecule has 150 valence electrons. The first-order valence-electron chi connectivity index (χ1n) is 8.96. The van der Waals surface area contributed by atoms with Crippen molar-refractivity contribution in [3.8, 4) is 0 Å². The molecule has 2 amide bonds. The lowest BCUT2D eigenvalue weighted by Gasteiger charge is -2.37. The van der Waals surface area contributed by atoms with E-state index >= 15 is 0 Å². The smallest absolute Gasteiger partial charge is 0.414 e. The Morgan fingerprint density at radius 3 is 2.75 bits per heavy atom. The van der Waals surface area contributed by atoms with Crippen molar-refractivity contribution in [2.45, 2.75) is 51.7 Å². The second-order valence-electron chi connectivity index (χ2n) is 7.81. The SMILES string of the molecule is CC(C)(C)OC(=O)NC1=N[C@@](C)(c2ccccc2F)CC2=NSCCC(=O)N21. The number of ether oxygens (including phenoxy) is 1. The van der Waals surface area contributed by atoms with Crippen LogP contribution in [0.25, 0.3) is 0 Å². The number of guanidine groups is 1. The Morgan fingerprint density at radius 1 is 1.36 bits per heavy atom. The van der Waals surface area contributed by atoms with Gasteiger partial charge in [0.25, 0.3) is 0 Å². The Labute approximate surface area is 167 Å². The largest absolute Gasteiger partial charge is 0.444 e. The molecule has 2 aliphatic heterocycles. The average Bonchev–Trinajstić information content (AvgIpc) is 2.74. The highest BCUT2D eigenvalue weighted by molar-refractivity contribution is 7.98. The lowest BCUT2D eigenvalue weighted by molar-refractivity contribution is -0.124. The first kappa shape index (κ1) is 20.3. The van der Waals surface area contributed by atoms with E-state index in [1.54, 1.807) is 45.9 Å². The molecule has 0 bridgehead atoms. The number of nitrogens with zero attached hydrogens (tertiary/aromatic N) is 3. The van der Waals surface area contributed by atoms with Gasteiger partial charge in [-0.1, -0.05) is 18.2 Å². The van der Waals surface area contributed by atoms with Gasteiger partial charge in [-0.2, -0.15) is 0 Å². The van der Waals surface area contributed by atoms with E-state index in [1.165, 1.54) is 22.9 Å². The van der Waals surface area contributed by atoms with E-state index in [2.05, 4.69) is 14.7 Å². The van der Waals surface area contributed by atoms with E-state index in [-0.39, 0.29) is 24.7 Å². The van der Waals surface area contributed by atoms with Gasteiger partial charge in [0.1, 0.15) is 17.3 Å². The molecule has 0 saturated carbocycles. The number of benzene rings is 1. The van der Waals surface area contributed by atoms with Gasteiger partial charge in [-0.15, -0.1) is 0 Å². The summed E-state index contributed by atoms with van der Waals surface area (Å²) in [5, 5.41) is 2.56. The van der Waals surface area contributed by atoms with Crippen molar-refractivity contribution in [1.29, 1.82) is 0 Å². The number of aliphatic imine (C=N–C) groups is 1. The minimum absolute atomic E-state index is 0.00231. The fourth-order valence-corrected chi connectivity index (χ4v) is 3.72. The van der Waals surface area contributed by atoms with Gasteiger partial charge in [0, 0.05) is 24.2 Å². The zero-order valence-corrected chi connectivity index (χ0v) is 17.1. The summed E-state index contributed by atoms with van der Waals surface area (Å²) in [6.07, 6.45) is -0.261. The Morgan fingerprint density at radius 2 is 2.07 bits per heavy atom. The third kappa shape index (κ3) is 4.35. The zero-order valence-electron chi connectivity index (χ0n) is 16.3. The van der Waals surface area contributed by atoms with E-state index < -0.39 is 23.1 Å². The topological polar surface area (TPSA) is 83.4 Å². The van der Waals surface area contributed by atoms with Gasteiger partial charge in [0.2, 0.25) is 11.9 Å². The van der Waals surface area contributed by atoms with E-state index in [0.29, 0.717) is 17.2 Å². The molecule has 28 heavy (non-hydrogen) atoms. The van der Waals surface area contributed by atoms with Gasteiger partial charge in [-0.25, -0.2) is 23.5 Å². The molecular weight excluding hydrogens is 383 g/mol. The van der Waals surface area contributed by atoms with Gasteiger partial charge in [-0.05, 0) is 45.7 Å². The van der Waals surface area contributed by atoms with E-state index in [4.69, 9.17) is 4.74 Å². The fraction of sp³-hybridized carbons (Fsp3) is 0.474. The molecule has 0 saturated heterocycles. The van der Waals surface area contributed by atoms with Gasteiger partial charge in [0.05, 0.1) is 5.54 Å². The van der Waals surface area contributed by atoms with Crippen molar-refractivity contribution >= 4 is 35.7 Å². The van der Waals surface area contributed by atoms with Crippen molar-refractivity contribution in [3.05, 3.63) is 35.6 Å². The number of carbonyl (C=O) groups is 2. The number of rotatable bonds is 1. The molecule has 1 aromatic rings. The molecule has 0 radical (unpaired) electrons. The van der Waals surface area contributed by atoms with Crippen LogP contribution in [0.4, 0.5) is 9.18 Å². The van der Waals surface area contributed by atoms with Crippen LogP contribution in [0, 0.1) is 5.82 Å². The number of hydrogen-bond donors (Lipinski definition) is 1. The highest BCUT2D eigenvalue weighted by Gasteiger charge is 2.42. The first-order valence-corrected chi connectivity index (χ1v) is 9.90. The molecule has 2 heterocycles. The second-order valence-corrected chi connectivity index (χ2v) is 8.66. The molecule has 2 aliphatic rings. The van der Waals surface area contributed by atoms with Crippen molar-refractivity contribution in [2.24, 2.45) is 9.39 Å². The maximum absolute atomic E-state index is 14.5. The van der Waals surface area contributed by atoms with Crippen LogP contribution < -0.4 is 5.32 Å². The van der Waals surface area contributed by atoms with Crippen molar-refractivity contribution in [2.75, 3.05) is 5.75 Å². The Bertz CT molecular complexity index is 865. The predicted octanol–water partition coefficient (Wildman–Crippen LogP) is 3.60. The van der Waals surface area contributed by atoms with Crippen LogP contribution in [-0.4, -0.2) is 40.0 Å². The summed E-state index contributed by atoms with van der Waals surface area (Å²) < 4.78 is 24.2. The van der Waals surface area contributed by atoms with Crippen molar-refractivity contribution in [1.82, 2.24) is 10.2 Å². The molecule has 1 aromatic carbocycles. The standard InChI is InChI=1S/C19H23FN4O3S/c1-18(2,3)27-17(26)21-16-22-19(4,12-7-5-6-8-13(12)20)11-14-23-28-10-9-15(25)24(14)16/h5-8H,9-11H2,1-4H3,(H,21,22,26)/t19-/m1/s1. The molecule has 0 aliphatic carbocycles. The third-order valence-corrected chi connectivity index (χ3v) is 4.94. The van der Waals surface area contributed by atoms with Crippen LogP contribution in [0.5, 0.6) is 0 Å². The summed E-state index contributed by atoms with van der Waals surface area (Å²) in [6, 6.07) is 6.33. The van der Waals surface area contributed by atoms with Crippen LogP contribution in [0.1, 0.15) is 46.1 Å². The Kier molecular flexibility index (Phi) is 5.47. The second kappa shape index (κ2) is 7.54. The summed E-state index contributed by atoms with van der Waals surface area (Å²) in [5.41, 5.74) is -1.39. The monoisotopic (exact) mass is 406 g/mol. The maximum atomic E-state index is 14.5. The number of amidine groups is 1. The number of fused-ring (bicyclic) bond motifs is 1. The van der Waals surface area contributed by atoms with Gasteiger partial charge >= 0.3 is 6.09 Å². The summed E-state index contributed by atoms with van der Waals surface area (Å²) in [7, 11) is 0. The molecular formula is C19H23FN4O3S. The number of halogens is 1. The molecule has 0 aromatic heterocycles. The third-order valence-electron chi connectivity index (χ3n) is 4.22. The minimum atomic E-state index is -1.03. The van der Waals surface area contributed by atoms with Gasteiger partial charge < -0.3 is 4.74 Å². The lowest BCUT2D eigenvalue weighted by atomic mass is 9.87. The summed E-state index contributed by atoms with van der Waals surface area (Å²) in [4.78, 5) is 30.8. The quantitative estimate of drug-likeness (QED) is 0.723. The highest BCUT2D eigenvalue weighted by atomic mass is 32.2. The van der Waals surface area contributed by atoms with E-state index in [9.17, 15) is 14.0 Å². The summed E-state index contributed by atoms with van der Waals surface area (Å²) >= 11 is 1.27. The molecule has 0 unspecified atom stereocenters. The van der Waals surface area contributed by atoms with Crippen LogP contribution in [0.2, 0.25) is 0 Å². The van der Waals surface area contributed by atoms with E-state index in [0.717, 1.165) is 0 Å². The molecule has 1 N–H and O–H groups in total.